The van der Waals surface area contributed by atoms with Crippen LogP contribution in [0.4, 0.5) is 0 Å². The van der Waals surface area contributed by atoms with Gasteiger partial charge in [0.15, 0.2) is 0 Å². The summed E-state index contributed by atoms with van der Waals surface area (Å²) in [4.78, 5) is 19.5. The predicted molar refractivity (Wildman–Crippen MR) is 153 cm³/mol. The topological polar surface area (TPSA) is 54.5 Å². The number of ether oxygens (including phenoxy) is 3. The van der Waals surface area contributed by atoms with Crippen molar-refractivity contribution in [2.75, 3.05) is 54.1 Å². The third-order valence-electron chi connectivity index (χ3n) is 8.21. The van der Waals surface area contributed by atoms with E-state index in [1.165, 1.54) is 11.1 Å². The fourth-order valence-corrected chi connectivity index (χ4v) is 6.34. The lowest BCUT2D eigenvalue weighted by molar-refractivity contribution is -0.134. The van der Waals surface area contributed by atoms with Gasteiger partial charge in [0.25, 0.3) is 0 Å². The lowest BCUT2D eigenvalue weighted by Gasteiger charge is -2.53. The highest BCUT2D eigenvalue weighted by atomic mass is 16.5. The van der Waals surface area contributed by atoms with Gasteiger partial charge in [-0.15, -0.1) is 0 Å². The molecule has 0 aromatic heterocycles. The van der Waals surface area contributed by atoms with Gasteiger partial charge in [0.2, 0.25) is 5.91 Å². The minimum Gasteiger partial charge on any atom is -0.496 e. The predicted octanol–water partition coefficient (Wildman–Crippen LogP) is 4.26. The van der Waals surface area contributed by atoms with Crippen LogP contribution in [0.1, 0.15) is 29.5 Å². The van der Waals surface area contributed by atoms with Crippen molar-refractivity contribution in [3.8, 4) is 17.2 Å². The first kappa shape index (κ1) is 27.0. The van der Waals surface area contributed by atoms with Gasteiger partial charge >= 0.3 is 0 Å². The van der Waals surface area contributed by atoms with E-state index in [0.29, 0.717) is 12.3 Å². The molecule has 7 heteroatoms. The molecule has 2 atom stereocenters. The SMILES string of the molecule is COc1cc(OC)c(CN2CC3CN(C(C)=O)CCN3C(C(c3ccccc3)c3ccccc3)C2)c(OC)c1. The molecule has 206 valence electrons. The van der Waals surface area contributed by atoms with Crippen LogP contribution < -0.4 is 14.2 Å². The van der Waals surface area contributed by atoms with Crippen LogP contribution in [0.2, 0.25) is 0 Å². The number of rotatable bonds is 8. The van der Waals surface area contributed by atoms with Crippen LogP contribution in [0.25, 0.3) is 0 Å². The minimum absolute atomic E-state index is 0.143. The molecule has 2 fully saturated rings. The number of methoxy groups -OCH3 is 3. The lowest BCUT2D eigenvalue weighted by atomic mass is 9.81. The zero-order valence-electron chi connectivity index (χ0n) is 23.4. The third kappa shape index (κ3) is 5.75. The van der Waals surface area contributed by atoms with E-state index in [2.05, 4.69) is 70.5 Å². The van der Waals surface area contributed by atoms with Gasteiger partial charge in [0.1, 0.15) is 17.2 Å². The van der Waals surface area contributed by atoms with Gasteiger partial charge in [0, 0.05) is 76.3 Å². The Labute approximate surface area is 231 Å². The molecule has 1 amide bonds. The molecule has 2 aliphatic rings. The van der Waals surface area contributed by atoms with Gasteiger partial charge in [0.05, 0.1) is 26.9 Å². The number of hydrogen-bond donors (Lipinski definition) is 0. The van der Waals surface area contributed by atoms with Crippen LogP contribution in [0, 0.1) is 0 Å². The van der Waals surface area contributed by atoms with E-state index in [0.717, 1.165) is 49.8 Å². The Morgan fingerprint density at radius 3 is 1.92 bits per heavy atom. The van der Waals surface area contributed by atoms with Crippen LogP contribution in [0.5, 0.6) is 17.2 Å². The van der Waals surface area contributed by atoms with Crippen LogP contribution >= 0.6 is 0 Å². The van der Waals surface area contributed by atoms with Crippen LogP contribution in [0.3, 0.4) is 0 Å². The number of carbonyl (C=O) groups excluding carboxylic acids is 1. The molecule has 39 heavy (non-hydrogen) atoms. The number of amides is 1. The average Bonchev–Trinajstić information content (AvgIpc) is 2.98. The highest BCUT2D eigenvalue weighted by Gasteiger charge is 2.43. The maximum Gasteiger partial charge on any atom is 0.219 e. The number of carbonyl (C=O) groups is 1. The molecule has 0 spiro atoms. The van der Waals surface area contributed by atoms with Crippen molar-refractivity contribution in [3.05, 3.63) is 89.5 Å². The van der Waals surface area contributed by atoms with E-state index in [1.54, 1.807) is 28.3 Å². The summed E-state index contributed by atoms with van der Waals surface area (Å²) >= 11 is 0. The summed E-state index contributed by atoms with van der Waals surface area (Å²) in [5.41, 5.74) is 3.62. The molecular formula is C32H39N3O4. The van der Waals surface area contributed by atoms with Crippen LogP contribution in [-0.4, -0.2) is 86.7 Å². The summed E-state index contributed by atoms with van der Waals surface area (Å²) in [6.45, 7) is 6.45. The maximum atomic E-state index is 12.4. The Morgan fingerprint density at radius 2 is 1.41 bits per heavy atom. The molecule has 7 nitrogen and oxygen atoms in total. The van der Waals surface area contributed by atoms with Crippen molar-refractivity contribution in [1.82, 2.24) is 14.7 Å². The van der Waals surface area contributed by atoms with E-state index < -0.39 is 0 Å². The second-order valence-electron chi connectivity index (χ2n) is 10.4. The summed E-state index contributed by atoms with van der Waals surface area (Å²) < 4.78 is 17.1. The molecule has 0 radical (unpaired) electrons. The van der Waals surface area contributed by atoms with Gasteiger partial charge < -0.3 is 19.1 Å². The van der Waals surface area contributed by atoms with Gasteiger partial charge in [-0.1, -0.05) is 60.7 Å². The van der Waals surface area contributed by atoms with E-state index >= 15 is 0 Å². The molecule has 3 aromatic carbocycles. The van der Waals surface area contributed by atoms with Crippen molar-refractivity contribution < 1.29 is 19.0 Å². The van der Waals surface area contributed by atoms with Crippen molar-refractivity contribution in [2.24, 2.45) is 0 Å². The first-order chi connectivity index (χ1) is 19.0. The fraction of sp³-hybridized carbons (Fsp3) is 0.406. The normalized spacial score (nSPS) is 20.0. The first-order valence-electron chi connectivity index (χ1n) is 13.6. The van der Waals surface area contributed by atoms with E-state index in [4.69, 9.17) is 14.2 Å². The van der Waals surface area contributed by atoms with Gasteiger partial charge in [-0.25, -0.2) is 0 Å². The standard InChI is InChI=1S/C32H39N3O4/c1-23(36)34-15-16-35-26(20-34)19-33(21-28-30(38-3)17-27(37-2)18-31(28)39-4)22-29(35)32(24-11-7-5-8-12-24)25-13-9-6-10-14-25/h5-14,17-18,26,29,32H,15-16,19-22H2,1-4H3. The second-order valence-corrected chi connectivity index (χ2v) is 10.4. The van der Waals surface area contributed by atoms with Crippen LogP contribution in [-0.2, 0) is 11.3 Å². The van der Waals surface area contributed by atoms with Crippen molar-refractivity contribution in [3.63, 3.8) is 0 Å². The molecular weight excluding hydrogens is 490 g/mol. The Kier molecular flexibility index (Phi) is 8.38. The zero-order valence-corrected chi connectivity index (χ0v) is 23.4. The Bertz CT molecular complexity index is 1190. The molecule has 3 aromatic rings. The van der Waals surface area contributed by atoms with Gasteiger partial charge in [-0.2, -0.15) is 0 Å². The minimum atomic E-state index is 0.143. The molecule has 0 aliphatic carbocycles. The van der Waals surface area contributed by atoms with Crippen molar-refractivity contribution in [2.45, 2.75) is 31.5 Å². The Balaban J connectivity index is 1.54. The third-order valence-corrected chi connectivity index (χ3v) is 8.21. The van der Waals surface area contributed by atoms with Gasteiger partial charge in [-0.05, 0) is 11.1 Å². The highest BCUT2D eigenvalue weighted by molar-refractivity contribution is 5.73. The number of hydrogen-bond acceptors (Lipinski definition) is 6. The Morgan fingerprint density at radius 1 is 0.821 bits per heavy atom. The van der Waals surface area contributed by atoms with E-state index in [1.807, 2.05) is 17.0 Å². The molecule has 2 aliphatic heterocycles. The smallest absolute Gasteiger partial charge is 0.219 e. The van der Waals surface area contributed by atoms with E-state index in [9.17, 15) is 4.79 Å². The maximum absolute atomic E-state index is 12.4. The van der Waals surface area contributed by atoms with Crippen molar-refractivity contribution >= 4 is 5.91 Å². The lowest BCUT2D eigenvalue weighted by Crippen LogP contribution is -2.67. The average molecular weight is 530 g/mol. The quantitative estimate of drug-likeness (QED) is 0.435. The number of fused-ring (bicyclic) bond motifs is 1. The number of benzene rings is 3. The summed E-state index contributed by atoms with van der Waals surface area (Å²) in [7, 11) is 5.02. The van der Waals surface area contributed by atoms with E-state index in [-0.39, 0.29) is 23.9 Å². The largest absolute Gasteiger partial charge is 0.496 e. The first-order valence-corrected chi connectivity index (χ1v) is 13.6. The second kappa shape index (κ2) is 12.1. The molecule has 5 rings (SSSR count). The fourth-order valence-electron chi connectivity index (χ4n) is 6.34. The monoisotopic (exact) mass is 529 g/mol. The number of nitrogens with zero attached hydrogens (tertiary/aromatic N) is 3. The molecule has 2 saturated heterocycles. The zero-order chi connectivity index (χ0) is 27.4. The van der Waals surface area contributed by atoms with Gasteiger partial charge in [-0.3, -0.25) is 14.6 Å². The summed E-state index contributed by atoms with van der Waals surface area (Å²) in [6, 6.07) is 25.9. The number of piperazine rings is 2. The van der Waals surface area contributed by atoms with Crippen LogP contribution in [0.15, 0.2) is 72.8 Å². The Hall–Kier alpha value is -3.55. The molecule has 0 saturated carbocycles. The highest BCUT2D eigenvalue weighted by Crippen LogP contribution is 2.39. The van der Waals surface area contributed by atoms with Crippen molar-refractivity contribution in [1.29, 1.82) is 0 Å². The molecule has 2 heterocycles. The summed E-state index contributed by atoms with van der Waals surface area (Å²) in [5.74, 6) is 2.54. The molecule has 0 N–H and O–H groups in total. The summed E-state index contributed by atoms with van der Waals surface area (Å²) in [6.07, 6.45) is 0. The summed E-state index contributed by atoms with van der Waals surface area (Å²) in [5, 5.41) is 0. The molecule has 2 unspecified atom stereocenters. The molecule has 0 bridgehead atoms.